The van der Waals surface area contributed by atoms with E-state index in [2.05, 4.69) is 20.3 Å². The minimum Gasteiger partial charge on any atom is -0.462 e. The number of carbonyl (C=O) groups excluding carboxylic acids is 7. The van der Waals surface area contributed by atoms with Crippen LogP contribution in [0, 0.1) is 0 Å². The number of fused-ring (bicyclic) bond motifs is 3. The average Bonchev–Trinajstić information content (AvgIpc) is 3.29. The second kappa shape index (κ2) is 15.5. The van der Waals surface area contributed by atoms with Gasteiger partial charge in [0.15, 0.2) is 30.1 Å². The number of aromatic nitrogens is 4. The van der Waals surface area contributed by atoms with E-state index in [4.69, 9.17) is 23.7 Å². The van der Waals surface area contributed by atoms with Crippen molar-refractivity contribution in [2.24, 2.45) is 5.10 Å². The molecule has 0 saturated carbocycles. The topological polar surface area (TPSA) is 225 Å². The lowest BCUT2D eigenvalue weighted by Crippen LogP contribution is -2.53. The van der Waals surface area contributed by atoms with Gasteiger partial charge in [0, 0.05) is 53.9 Å². The van der Waals surface area contributed by atoms with Crippen molar-refractivity contribution in [3.05, 3.63) is 24.3 Å². The molecule has 18 nitrogen and oxygen atoms in total. The average molecular weight is 657 g/mol. The summed E-state index contributed by atoms with van der Waals surface area (Å²) < 4.78 is 27.5. The zero-order valence-corrected chi connectivity index (χ0v) is 26.5. The Kier molecular flexibility index (Phi) is 11.7. The van der Waals surface area contributed by atoms with E-state index < -0.39 is 72.7 Å². The Morgan fingerprint density at radius 3 is 1.94 bits per heavy atom. The zero-order chi connectivity index (χ0) is 35.0. The molecule has 4 unspecified atom stereocenters. The van der Waals surface area contributed by atoms with Crippen LogP contribution in [0.25, 0.3) is 22.1 Å². The van der Waals surface area contributed by atoms with Crippen molar-refractivity contribution in [2.75, 3.05) is 11.6 Å². The second-order valence-corrected chi connectivity index (χ2v) is 9.92. The lowest BCUT2D eigenvalue weighted by atomic mass is 10.0. The number of esters is 5. The van der Waals surface area contributed by atoms with E-state index in [9.17, 15) is 33.6 Å². The highest BCUT2D eigenvalue weighted by Gasteiger charge is 2.43. The first-order chi connectivity index (χ1) is 22.1. The lowest BCUT2D eigenvalue weighted by molar-refractivity contribution is -0.197. The Bertz CT molecular complexity index is 1750. The van der Waals surface area contributed by atoms with E-state index in [0.29, 0.717) is 15.9 Å². The van der Waals surface area contributed by atoms with Crippen molar-refractivity contribution < 1.29 is 57.2 Å². The third-order valence-electron chi connectivity index (χ3n) is 6.09. The van der Waals surface area contributed by atoms with Gasteiger partial charge in [-0.05, 0) is 6.07 Å². The molecule has 0 radical (unpaired) electrons. The fourth-order valence-electron chi connectivity index (χ4n) is 4.48. The van der Waals surface area contributed by atoms with Crippen LogP contribution in [-0.2, 0) is 52.5 Å². The summed E-state index contributed by atoms with van der Waals surface area (Å²) in [6.07, 6.45) is -5.94. The Hall–Kier alpha value is -5.81. The summed E-state index contributed by atoms with van der Waals surface area (Å²) in [7, 11) is 0. The number of para-hydroxylation sites is 1. The molecule has 2 heterocycles. The molecule has 18 heteroatoms. The number of carbonyl (C=O) groups is 7. The van der Waals surface area contributed by atoms with Crippen LogP contribution in [0.4, 0.5) is 5.95 Å². The van der Waals surface area contributed by atoms with Crippen LogP contribution in [0.3, 0.4) is 0 Å². The third-order valence-corrected chi connectivity index (χ3v) is 6.09. The standard InChI is InChI=1S/C29H32N6O12/c1-14(36)34-22-11-9-8-10-21(22)25-28(34)31-29(33-32-25)35(15(2)37)30-12-23(44-17(4)39)26(46-19(6)41)27(47-20(7)42)24(45-18(5)40)13-43-16(3)38/h8-12,23-24,26-27H,13H2,1-7H3/b30-12+. The van der Waals surface area contributed by atoms with Gasteiger partial charge >= 0.3 is 29.8 Å². The normalized spacial score (nSPS) is 13.7. The van der Waals surface area contributed by atoms with E-state index in [1.165, 1.54) is 11.5 Å². The molecule has 0 saturated heterocycles. The first-order valence-corrected chi connectivity index (χ1v) is 13.9. The maximum atomic E-state index is 12.8. The molecular formula is C29H32N6O12. The summed E-state index contributed by atoms with van der Waals surface area (Å²) in [5.41, 5.74) is 0.843. The van der Waals surface area contributed by atoms with Crippen molar-refractivity contribution in [1.82, 2.24) is 19.7 Å². The first-order valence-electron chi connectivity index (χ1n) is 13.9. The fraction of sp³-hybridized carbons (Fsp3) is 0.414. The van der Waals surface area contributed by atoms with Gasteiger partial charge in [-0.1, -0.05) is 18.2 Å². The van der Waals surface area contributed by atoms with Crippen LogP contribution in [0.5, 0.6) is 0 Å². The summed E-state index contributed by atoms with van der Waals surface area (Å²) in [5.74, 6) is -6.03. The van der Waals surface area contributed by atoms with Crippen LogP contribution >= 0.6 is 0 Å². The molecule has 3 rings (SSSR count). The Labute approximate surface area is 266 Å². The highest BCUT2D eigenvalue weighted by Crippen LogP contribution is 2.27. The van der Waals surface area contributed by atoms with Gasteiger partial charge < -0.3 is 23.7 Å². The Morgan fingerprint density at radius 2 is 1.38 bits per heavy atom. The van der Waals surface area contributed by atoms with Crippen LogP contribution in [-0.4, -0.2) is 98.6 Å². The maximum Gasteiger partial charge on any atom is 0.303 e. The number of amides is 1. The predicted octanol–water partition coefficient (Wildman–Crippen LogP) is 1.27. The van der Waals surface area contributed by atoms with Gasteiger partial charge in [0.2, 0.25) is 11.8 Å². The molecule has 4 atom stereocenters. The SMILES string of the molecule is CC(=O)OCC(OC(C)=O)C(OC(C)=O)C(OC(C)=O)C(/C=N/N(C(C)=O)c1nnc2c3ccccc3n(C(C)=O)c2n1)OC(C)=O. The molecule has 3 aromatic rings. The zero-order valence-electron chi connectivity index (χ0n) is 26.5. The highest BCUT2D eigenvalue weighted by molar-refractivity contribution is 6.10. The number of anilines is 1. The van der Waals surface area contributed by atoms with E-state index in [-0.39, 0.29) is 17.1 Å². The van der Waals surface area contributed by atoms with Crippen LogP contribution in [0.1, 0.15) is 53.3 Å². The number of hydrazone groups is 1. The molecule has 0 spiro atoms. The highest BCUT2D eigenvalue weighted by atomic mass is 16.6. The minimum absolute atomic E-state index is 0.0732. The molecule has 0 aliphatic rings. The van der Waals surface area contributed by atoms with Gasteiger partial charge in [0.25, 0.3) is 5.95 Å². The quantitative estimate of drug-likeness (QED) is 0.116. The molecule has 0 aliphatic carbocycles. The van der Waals surface area contributed by atoms with Crippen molar-refractivity contribution in [1.29, 1.82) is 0 Å². The number of hydrogen-bond acceptors (Lipinski definition) is 16. The van der Waals surface area contributed by atoms with Crippen LogP contribution < -0.4 is 5.01 Å². The largest absolute Gasteiger partial charge is 0.462 e. The van der Waals surface area contributed by atoms with E-state index >= 15 is 0 Å². The lowest BCUT2D eigenvalue weighted by Gasteiger charge is -2.34. The number of nitrogens with zero attached hydrogens (tertiary/aromatic N) is 6. The van der Waals surface area contributed by atoms with Crippen LogP contribution in [0.15, 0.2) is 29.4 Å². The molecule has 0 aliphatic heterocycles. The molecule has 250 valence electrons. The summed E-state index contributed by atoms with van der Waals surface area (Å²) in [6, 6.07) is 6.86. The fourth-order valence-corrected chi connectivity index (χ4v) is 4.48. The van der Waals surface area contributed by atoms with E-state index in [1.807, 2.05) is 0 Å². The molecule has 1 amide bonds. The number of hydrogen-bond donors (Lipinski definition) is 0. The molecular weight excluding hydrogens is 624 g/mol. The summed E-state index contributed by atoms with van der Waals surface area (Å²) in [5, 5.41) is 13.5. The summed E-state index contributed by atoms with van der Waals surface area (Å²) >= 11 is 0. The van der Waals surface area contributed by atoms with Gasteiger partial charge in [-0.3, -0.25) is 38.1 Å². The molecule has 0 fully saturated rings. The first kappa shape index (κ1) is 35.7. The predicted molar refractivity (Wildman–Crippen MR) is 160 cm³/mol. The van der Waals surface area contributed by atoms with Gasteiger partial charge in [-0.25, -0.2) is 0 Å². The van der Waals surface area contributed by atoms with Gasteiger partial charge in [-0.2, -0.15) is 15.1 Å². The number of benzene rings is 1. The van der Waals surface area contributed by atoms with Crippen molar-refractivity contribution in [3.63, 3.8) is 0 Å². The number of ether oxygens (including phenoxy) is 5. The van der Waals surface area contributed by atoms with E-state index in [1.54, 1.807) is 24.3 Å². The van der Waals surface area contributed by atoms with Gasteiger partial charge in [0.05, 0.1) is 11.7 Å². The number of rotatable bonds is 12. The minimum atomic E-state index is -1.78. The second-order valence-electron chi connectivity index (χ2n) is 9.92. The maximum absolute atomic E-state index is 12.8. The van der Waals surface area contributed by atoms with Gasteiger partial charge in [0.1, 0.15) is 12.1 Å². The summed E-state index contributed by atoms with van der Waals surface area (Å²) in [6.45, 7) is 6.88. The third kappa shape index (κ3) is 9.12. The Balaban J connectivity index is 2.16. The van der Waals surface area contributed by atoms with E-state index in [0.717, 1.165) is 47.8 Å². The van der Waals surface area contributed by atoms with Gasteiger partial charge in [-0.15, -0.1) is 10.2 Å². The molecule has 1 aromatic carbocycles. The molecule has 0 N–H and O–H groups in total. The van der Waals surface area contributed by atoms with Crippen molar-refractivity contribution in [3.8, 4) is 0 Å². The van der Waals surface area contributed by atoms with Crippen LogP contribution in [0.2, 0.25) is 0 Å². The molecule has 47 heavy (non-hydrogen) atoms. The smallest absolute Gasteiger partial charge is 0.303 e. The Morgan fingerprint density at radius 1 is 0.787 bits per heavy atom. The summed E-state index contributed by atoms with van der Waals surface area (Å²) in [4.78, 5) is 89.8. The monoisotopic (exact) mass is 656 g/mol. The molecule has 2 aromatic heterocycles. The van der Waals surface area contributed by atoms with Crippen molar-refractivity contribution >= 4 is 75.9 Å². The molecule has 0 bridgehead atoms. The van der Waals surface area contributed by atoms with Crippen molar-refractivity contribution in [2.45, 2.75) is 72.9 Å².